The lowest BCUT2D eigenvalue weighted by Gasteiger charge is -1.96. The highest BCUT2D eigenvalue weighted by Gasteiger charge is 2.06. The Hall–Kier alpha value is -1.48. The molecule has 0 aliphatic rings. The van der Waals surface area contributed by atoms with Gasteiger partial charge in [-0.05, 0) is 36.8 Å². The van der Waals surface area contributed by atoms with E-state index in [2.05, 4.69) is 0 Å². The van der Waals surface area contributed by atoms with Crippen molar-refractivity contribution in [2.45, 2.75) is 6.92 Å². The van der Waals surface area contributed by atoms with Gasteiger partial charge in [0.05, 0.1) is 4.88 Å². The van der Waals surface area contributed by atoms with Crippen molar-refractivity contribution in [3.63, 3.8) is 0 Å². The van der Waals surface area contributed by atoms with E-state index in [1.165, 1.54) is 30.4 Å². The Labute approximate surface area is 91.2 Å². The van der Waals surface area contributed by atoms with Gasteiger partial charge in [0.15, 0.2) is 5.78 Å². The standard InChI is InChI=1S/C12H9FOS/c1-8(14)11-5-6-12(15-11)9-3-2-4-10(13)7-9/h2-7H,1H3. The Morgan fingerprint density at radius 2 is 2.07 bits per heavy atom. The highest BCUT2D eigenvalue weighted by Crippen LogP contribution is 2.28. The third-order valence-electron chi connectivity index (χ3n) is 2.06. The molecule has 0 saturated heterocycles. The van der Waals surface area contributed by atoms with Crippen molar-refractivity contribution < 1.29 is 9.18 Å². The van der Waals surface area contributed by atoms with E-state index in [9.17, 15) is 9.18 Å². The molecule has 3 heteroatoms. The maximum Gasteiger partial charge on any atom is 0.169 e. The third-order valence-corrected chi connectivity index (χ3v) is 3.30. The van der Waals surface area contributed by atoms with Crippen LogP contribution in [0.3, 0.4) is 0 Å². The van der Waals surface area contributed by atoms with Crippen LogP contribution in [0, 0.1) is 5.82 Å². The average Bonchev–Trinajstić information content (AvgIpc) is 2.66. The lowest BCUT2D eigenvalue weighted by atomic mass is 10.2. The van der Waals surface area contributed by atoms with Crippen molar-refractivity contribution in [3.8, 4) is 10.4 Å². The van der Waals surface area contributed by atoms with E-state index >= 15 is 0 Å². The highest BCUT2D eigenvalue weighted by molar-refractivity contribution is 7.17. The van der Waals surface area contributed by atoms with Crippen LogP contribution in [0.5, 0.6) is 0 Å². The molecule has 0 atom stereocenters. The summed E-state index contributed by atoms with van der Waals surface area (Å²) in [5.41, 5.74) is 0.813. The quantitative estimate of drug-likeness (QED) is 0.704. The Kier molecular flexibility index (Phi) is 2.64. The smallest absolute Gasteiger partial charge is 0.169 e. The van der Waals surface area contributed by atoms with Gasteiger partial charge in [-0.25, -0.2) is 4.39 Å². The summed E-state index contributed by atoms with van der Waals surface area (Å²) in [6.07, 6.45) is 0. The largest absolute Gasteiger partial charge is 0.294 e. The van der Waals surface area contributed by atoms with Crippen LogP contribution in [0.4, 0.5) is 4.39 Å². The summed E-state index contributed by atoms with van der Waals surface area (Å²) in [6, 6.07) is 9.98. The van der Waals surface area contributed by atoms with Crippen molar-refractivity contribution in [3.05, 3.63) is 47.1 Å². The Morgan fingerprint density at radius 1 is 1.27 bits per heavy atom. The van der Waals surface area contributed by atoms with E-state index in [-0.39, 0.29) is 11.6 Å². The molecule has 2 rings (SSSR count). The van der Waals surface area contributed by atoms with Crippen LogP contribution in [-0.2, 0) is 0 Å². The zero-order valence-corrected chi connectivity index (χ0v) is 8.98. The zero-order chi connectivity index (χ0) is 10.8. The minimum absolute atomic E-state index is 0.0441. The molecule has 1 aromatic carbocycles. The molecule has 2 aromatic rings. The van der Waals surface area contributed by atoms with Gasteiger partial charge in [-0.1, -0.05) is 12.1 Å². The molecule has 15 heavy (non-hydrogen) atoms. The van der Waals surface area contributed by atoms with Gasteiger partial charge in [0.2, 0.25) is 0 Å². The van der Waals surface area contributed by atoms with Gasteiger partial charge >= 0.3 is 0 Å². The molecule has 1 nitrogen and oxygen atoms in total. The molecule has 0 amide bonds. The lowest BCUT2D eigenvalue weighted by Crippen LogP contribution is -1.83. The average molecular weight is 220 g/mol. The molecule has 0 unspecified atom stereocenters. The van der Waals surface area contributed by atoms with Gasteiger partial charge < -0.3 is 0 Å². The van der Waals surface area contributed by atoms with Crippen LogP contribution >= 0.6 is 11.3 Å². The second-order valence-corrected chi connectivity index (χ2v) is 4.31. The molecule has 0 radical (unpaired) electrons. The predicted octanol–water partition coefficient (Wildman–Crippen LogP) is 3.76. The van der Waals surface area contributed by atoms with Crippen LogP contribution in [0.1, 0.15) is 16.6 Å². The van der Waals surface area contributed by atoms with Gasteiger partial charge in [-0.3, -0.25) is 4.79 Å². The number of ketones is 1. The molecule has 0 spiro atoms. The first-order valence-electron chi connectivity index (χ1n) is 4.53. The van der Waals surface area contributed by atoms with E-state index in [0.717, 1.165) is 10.4 Å². The lowest BCUT2D eigenvalue weighted by molar-refractivity contribution is 0.102. The number of hydrogen-bond donors (Lipinski definition) is 0. The van der Waals surface area contributed by atoms with Crippen molar-refractivity contribution >= 4 is 17.1 Å². The van der Waals surface area contributed by atoms with E-state index in [0.29, 0.717) is 4.88 Å². The number of halogens is 1. The fourth-order valence-electron chi connectivity index (χ4n) is 1.32. The summed E-state index contributed by atoms with van der Waals surface area (Å²) >= 11 is 1.39. The van der Waals surface area contributed by atoms with Gasteiger partial charge in [-0.15, -0.1) is 11.3 Å². The molecular formula is C12H9FOS. The van der Waals surface area contributed by atoms with Gasteiger partial charge in [0.1, 0.15) is 5.82 Å². The first-order chi connectivity index (χ1) is 7.16. The second kappa shape index (κ2) is 3.95. The van der Waals surface area contributed by atoms with Crippen LogP contribution in [0.25, 0.3) is 10.4 Å². The van der Waals surface area contributed by atoms with E-state index in [1.807, 2.05) is 12.1 Å². The number of carbonyl (C=O) groups excluding carboxylic acids is 1. The number of rotatable bonds is 2. The summed E-state index contributed by atoms with van der Waals surface area (Å²) in [5.74, 6) is -0.215. The fourth-order valence-corrected chi connectivity index (χ4v) is 2.22. The van der Waals surface area contributed by atoms with Gasteiger partial charge in [-0.2, -0.15) is 0 Å². The zero-order valence-electron chi connectivity index (χ0n) is 8.16. The van der Waals surface area contributed by atoms with Crippen molar-refractivity contribution in [2.75, 3.05) is 0 Å². The van der Waals surface area contributed by atoms with E-state index < -0.39 is 0 Å². The molecule has 0 saturated carbocycles. The summed E-state index contributed by atoms with van der Waals surface area (Å²) in [5, 5.41) is 0. The number of hydrogen-bond acceptors (Lipinski definition) is 2. The maximum atomic E-state index is 13.0. The van der Waals surface area contributed by atoms with Crippen molar-refractivity contribution in [1.82, 2.24) is 0 Å². The van der Waals surface area contributed by atoms with Gasteiger partial charge in [0, 0.05) is 4.88 Å². The topological polar surface area (TPSA) is 17.1 Å². The minimum atomic E-state index is -0.259. The predicted molar refractivity (Wildman–Crippen MR) is 59.7 cm³/mol. The molecule has 1 aromatic heterocycles. The SMILES string of the molecule is CC(=O)c1ccc(-c2cccc(F)c2)s1. The first kappa shape index (κ1) is 10.1. The Morgan fingerprint density at radius 3 is 2.67 bits per heavy atom. The molecule has 0 bridgehead atoms. The Balaban J connectivity index is 2.41. The molecule has 76 valence electrons. The molecular weight excluding hydrogens is 211 g/mol. The highest BCUT2D eigenvalue weighted by atomic mass is 32.1. The number of thiophene rings is 1. The van der Waals surface area contributed by atoms with Crippen LogP contribution < -0.4 is 0 Å². The van der Waals surface area contributed by atoms with E-state index in [4.69, 9.17) is 0 Å². The van der Waals surface area contributed by atoms with Crippen molar-refractivity contribution in [1.29, 1.82) is 0 Å². The van der Waals surface area contributed by atoms with Crippen molar-refractivity contribution in [2.24, 2.45) is 0 Å². The molecule has 0 aliphatic heterocycles. The Bertz CT molecular complexity index is 502. The number of carbonyl (C=O) groups is 1. The molecule has 0 fully saturated rings. The monoisotopic (exact) mass is 220 g/mol. The minimum Gasteiger partial charge on any atom is -0.294 e. The fraction of sp³-hybridized carbons (Fsp3) is 0.0833. The summed E-state index contributed by atoms with van der Waals surface area (Å²) in [4.78, 5) is 12.7. The summed E-state index contributed by atoms with van der Waals surface area (Å²) in [6.45, 7) is 1.53. The number of Topliss-reactive ketones (excluding diaryl/α,β-unsaturated/α-hetero) is 1. The van der Waals surface area contributed by atoms with Gasteiger partial charge in [0.25, 0.3) is 0 Å². The normalized spacial score (nSPS) is 10.3. The van der Waals surface area contributed by atoms with Crippen LogP contribution in [-0.4, -0.2) is 5.78 Å². The van der Waals surface area contributed by atoms with Crippen LogP contribution in [0.2, 0.25) is 0 Å². The third kappa shape index (κ3) is 2.13. The van der Waals surface area contributed by atoms with E-state index in [1.54, 1.807) is 12.1 Å². The first-order valence-corrected chi connectivity index (χ1v) is 5.35. The van der Waals surface area contributed by atoms with Crippen LogP contribution in [0.15, 0.2) is 36.4 Å². The maximum absolute atomic E-state index is 13.0. The summed E-state index contributed by atoms with van der Waals surface area (Å²) in [7, 11) is 0. The number of benzene rings is 1. The second-order valence-electron chi connectivity index (χ2n) is 3.23. The molecule has 1 heterocycles. The molecule has 0 aliphatic carbocycles. The molecule has 0 N–H and O–H groups in total. The summed E-state index contributed by atoms with van der Waals surface area (Å²) < 4.78 is 13.0.